The summed E-state index contributed by atoms with van der Waals surface area (Å²) in [7, 11) is 0. The Balaban J connectivity index is 1.81. The second kappa shape index (κ2) is 14.6. The average molecular weight is 566 g/mol. The van der Waals surface area contributed by atoms with Crippen molar-refractivity contribution < 1.29 is 24.3 Å². The van der Waals surface area contributed by atoms with Gasteiger partial charge < -0.3 is 32.1 Å². The first-order chi connectivity index (χ1) is 19.4. The van der Waals surface area contributed by atoms with Gasteiger partial charge in [-0.1, -0.05) is 63.2 Å². The van der Waals surface area contributed by atoms with Gasteiger partial charge in [-0.3, -0.25) is 19.2 Å². The predicted octanol–water partition coefficient (Wildman–Crippen LogP) is 1.58. The van der Waals surface area contributed by atoms with Crippen LogP contribution in [0.2, 0.25) is 0 Å². The van der Waals surface area contributed by atoms with Crippen molar-refractivity contribution in [3.63, 3.8) is 0 Å². The molecule has 10 nitrogen and oxygen atoms in total. The first kappa shape index (κ1) is 31.6. The van der Waals surface area contributed by atoms with Crippen LogP contribution in [0.5, 0.6) is 5.75 Å². The summed E-state index contributed by atoms with van der Waals surface area (Å²) in [5, 5.41) is 21.5. The number of hydrogen-bond acceptors (Lipinski definition) is 6. The van der Waals surface area contributed by atoms with Gasteiger partial charge in [-0.2, -0.15) is 0 Å². The smallest absolute Gasteiger partial charge is 0.243 e. The molecule has 0 bridgehead atoms. The van der Waals surface area contributed by atoms with Crippen molar-refractivity contribution in [3.05, 3.63) is 65.2 Å². The zero-order chi connectivity index (χ0) is 30.0. The van der Waals surface area contributed by atoms with E-state index in [9.17, 15) is 24.3 Å². The largest absolute Gasteiger partial charge is 0.508 e. The highest BCUT2D eigenvalue weighted by Gasteiger charge is 2.29. The number of aromatic hydroxyl groups is 1. The molecule has 0 aromatic heterocycles. The Kier molecular flexibility index (Phi) is 11.3. The van der Waals surface area contributed by atoms with E-state index in [0.29, 0.717) is 32.2 Å². The fourth-order valence-electron chi connectivity index (χ4n) is 4.75. The highest BCUT2D eigenvalue weighted by atomic mass is 16.3. The molecule has 0 radical (unpaired) electrons. The van der Waals surface area contributed by atoms with Crippen LogP contribution in [0, 0.1) is 0 Å². The molecular weight excluding hydrogens is 522 g/mol. The zero-order valence-corrected chi connectivity index (χ0v) is 24.2. The molecule has 4 amide bonds. The number of carbonyl (C=O) groups is 4. The van der Waals surface area contributed by atoms with E-state index in [1.54, 1.807) is 12.1 Å². The van der Waals surface area contributed by atoms with Gasteiger partial charge in [0.15, 0.2) is 0 Å². The summed E-state index contributed by atoms with van der Waals surface area (Å²) in [4.78, 5) is 51.9. The van der Waals surface area contributed by atoms with Gasteiger partial charge in [0.05, 0.1) is 6.04 Å². The fourth-order valence-corrected chi connectivity index (χ4v) is 4.75. The maximum Gasteiger partial charge on any atom is 0.243 e. The number of phenolic OH excluding ortho intramolecular Hbond substituents is 1. The molecule has 1 saturated heterocycles. The van der Waals surface area contributed by atoms with Gasteiger partial charge in [-0.05, 0) is 53.9 Å². The number of carbonyl (C=O) groups excluding carboxylic acids is 4. The molecule has 0 aliphatic carbocycles. The number of hydrogen-bond donors (Lipinski definition) is 6. The Morgan fingerprint density at radius 2 is 1.73 bits per heavy atom. The van der Waals surface area contributed by atoms with Gasteiger partial charge in [-0.25, -0.2) is 0 Å². The van der Waals surface area contributed by atoms with E-state index in [4.69, 9.17) is 5.73 Å². The summed E-state index contributed by atoms with van der Waals surface area (Å²) in [5.41, 5.74) is 8.21. The Morgan fingerprint density at radius 1 is 1.00 bits per heavy atom. The summed E-state index contributed by atoms with van der Waals surface area (Å²) >= 11 is 0. The van der Waals surface area contributed by atoms with Crippen molar-refractivity contribution in [2.45, 2.75) is 82.8 Å². The number of benzene rings is 2. The number of amides is 4. The first-order valence-corrected chi connectivity index (χ1v) is 14.2. The van der Waals surface area contributed by atoms with Crippen LogP contribution >= 0.6 is 0 Å². The Bertz CT molecular complexity index is 1210. The predicted molar refractivity (Wildman–Crippen MR) is 157 cm³/mol. The Morgan fingerprint density at radius 3 is 2.44 bits per heavy atom. The molecule has 7 N–H and O–H groups in total. The molecule has 0 spiro atoms. The van der Waals surface area contributed by atoms with Crippen molar-refractivity contribution >= 4 is 23.6 Å². The fraction of sp³-hybridized carbons (Fsp3) is 0.484. The second-order valence-electron chi connectivity index (χ2n) is 11.6. The molecule has 1 heterocycles. The van der Waals surface area contributed by atoms with Crippen LogP contribution in [0.15, 0.2) is 48.5 Å². The third-order valence-corrected chi connectivity index (χ3v) is 7.10. The van der Waals surface area contributed by atoms with Crippen LogP contribution in [0.1, 0.15) is 63.1 Å². The van der Waals surface area contributed by atoms with Crippen LogP contribution in [0.25, 0.3) is 0 Å². The summed E-state index contributed by atoms with van der Waals surface area (Å²) in [6.07, 6.45) is 2.10. The molecule has 10 heteroatoms. The first-order valence-electron chi connectivity index (χ1n) is 14.2. The lowest BCUT2D eigenvalue weighted by Crippen LogP contribution is -2.56. The molecule has 41 heavy (non-hydrogen) atoms. The van der Waals surface area contributed by atoms with Crippen molar-refractivity contribution in [1.29, 1.82) is 0 Å². The molecule has 222 valence electrons. The third kappa shape index (κ3) is 9.89. The minimum atomic E-state index is -0.969. The molecule has 0 saturated carbocycles. The van der Waals surface area contributed by atoms with Crippen LogP contribution < -0.4 is 27.0 Å². The minimum absolute atomic E-state index is 0.119. The Hall–Kier alpha value is -3.92. The van der Waals surface area contributed by atoms with Gasteiger partial charge in [0.25, 0.3) is 0 Å². The van der Waals surface area contributed by atoms with Crippen LogP contribution in [0.4, 0.5) is 0 Å². The summed E-state index contributed by atoms with van der Waals surface area (Å²) in [5.74, 6) is -1.41. The maximum absolute atomic E-state index is 13.5. The normalized spacial score (nSPS) is 20.1. The van der Waals surface area contributed by atoms with Crippen molar-refractivity contribution in [1.82, 2.24) is 21.3 Å². The minimum Gasteiger partial charge on any atom is -0.508 e. The molecule has 3 rings (SSSR count). The van der Waals surface area contributed by atoms with E-state index in [1.165, 1.54) is 0 Å². The van der Waals surface area contributed by atoms with Gasteiger partial charge in [-0.15, -0.1) is 0 Å². The molecular formula is C31H43N5O5. The molecule has 3 atom stereocenters. The van der Waals surface area contributed by atoms with Crippen molar-refractivity contribution in [3.8, 4) is 5.75 Å². The van der Waals surface area contributed by atoms with Gasteiger partial charge in [0.1, 0.15) is 17.8 Å². The number of rotatable bonds is 6. The molecule has 2 aromatic rings. The molecule has 1 fully saturated rings. The third-order valence-electron chi connectivity index (χ3n) is 7.10. The van der Waals surface area contributed by atoms with E-state index in [2.05, 4.69) is 21.3 Å². The summed E-state index contributed by atoms with van der Waals surface area (Å²) < 4.78 is 0. The zero-order valence-electron chi connectivity index (χ0n) is 24.2. The van der Waals surface area contributed by atoms with Gasteiger partial charge in [0, 0.05) is 25.9 Å². The highest BCUT2D eigenvalue weighted by molar-refractivity contribution is 5.93. The maximum atomic E-state index is 13.5. The molecule has 1 aliphatic heterocycles. The quantitative estimate of drug-likeness (QED) is 0.312. The van der Waals surface area contributed by atoms with E-state index < -0.39 is 35.8 Å². The van der Waals surface area contributed by atoms with Crippen molar-refractivity contribution in [2.24, 2.45) is 5.73 Å². The lowest BCUT2D eigenvalue weighted by molar-refractivity contribution is -0.132. The van der Waals surface area contributed by atoms with Crippen LogP contribution in [-0.4, -0.2) is 60.0 Å². The van der Waals surface area contributed by atoms with Crippen LogP contribution in [-0.2, 0) is 37.4 Å². The number of phenols is 1. The SMILES string of the molecule is CC(C)(C)c1cc(C[C@H]2NC(=O)[C@@H](NC(=O)[C@@H](N)Cc3ccccc3)CCCCNC(=O)CCNC2=O)ccc1O. The van der Waals surface area contributed by atoms with E-state index >= 15 is 0 Å². The highest BCUT2D eigenvalue weighted by Crippen LogP contribution is 2.31. The van der Waals surface area contributed by atoms with Gasteiger partial charge >= 0.3 is 0 Å². The molecule has 1 aliphatic rings. The lowest BCUT2D eigenvalue weighted by atomic mass is 9.84. The monoisotopic (exact) mass is 565 g/mol. The van der Waals surface area contributed by atoms with E-state index in [0.717, 1.165) is 16.7 Å². The Labute approximate surface area is 241 Å². The second-order valence-corrected chi connectivity index (χ2v) is 11.6. The topological polar surface area (TPSA) is 163 Å². The summed E-state index contributed by atoms with van der Waals surface area (Å²) in [6, 6.07) is 11.8. The standard InChI is InChI=1S/C31H43N5O5/c1-31(2,3)22-17-21(12-13-26(22)37)19-25-29(40)34-16-14-27(38)33-15-8-7-11-24(30(41)36-25)35-28(39)23(32)18-20-9-5-4-6-10-20/h4-6,9-10,12-13,17,23-25,37H,7-8,11,14-16,18-19,32H2,1-3H3,(H,33,38)(H,34,40)(H,35,39)(H,36,41)/t23-,24-,25+/m0/s1. The van der Waals surface area contributed by atoms with Crippen molar-refractivity contribution in [2.75, 3.05) is 13.1 Å². The van der Waals surface area contributed by atoms with Gasteiger partial charge in [0.2, 0.25) is 23.6 Å². The number of nitrogens with one attached hydrogen (secondary N) is 4. The van der Waals surface area contributed by atoms with E-state index in [-0.39, 0.29) is 36.5 Å². The molecule has 0 unspecified atom stereocenters. The van der Waals surface area contributed by atoms with Crippen LogP contribution in [0.3, 0.4) is 0 Å². The summed E-state index contributed by atoms with van der Waals surface area (Å²) in [6.45, 7) is 6.48. The lowest BCUT2D eigenvalue weighted by Gasteiger charge is -2.26. The average Bonchev–Trinajstić information content (AvgIpc) is 2.92. The molecule has 2 aromatic carbocycles. The number of nitrogens with two attached hydrogens (primary N) is 1. The van der Waals surface area contributed by atoms with E-state index in [1.807, 2.05) is 57.2 Å².